The molecule has 1 aromatic rings. The molecule has 1 heterocycles. The number of hydrogen-bond donors (Lipinski definition) is 1. The summed E-state index contributed by atoms with van der Waals surface area (Å²) in [6, 6.07) is 6.72. The lowest BCUT2D eigenvalue weighted by Gasteiger charge is -2.32. The second-order valence-corrected chi connectivity index (χ2v) is 6.59. The molecule has 0 aromatic heterocycles. The second-order valence-electron chi connectivity index (χ2n) is 5.33. The molecule has 0 bridgehead atoms. The molecule has 1 saturated heterocycles. The number of benzene rings is 1. The predicted octanol–water partition coefficient (Wildman–Crippen LogP) is 4.07. The highest BCUT2D eigenvalue weighted by Crippen LogP contribution is 2.23. The summed E-state index contributed by atoms with van der Waals surface area (Å²) in [5.41, 5.74) is 1.27. The van der Waals surface area contributed by atoms with Gasteiger partial charge in [0.1, 0.15) is 0 Å². The van der Waals surface area contributed by atoms with E-state index in [1.165, 1.54) is 37.9 Å². The fourth-order valence-corrected chi connectivity index (χ4v) is 3.11. The molecule has 1 fully saturated rings. The predicted molar refractivity (Wildman–Crippen MR) is 85.7 cm³/mol. The van der Waals surface area contributed by atoms with E-state index in [1.54, 1.807) is 0 Å². The van der Waals surface area contributed by atoms with Crippen LogP contribution in [0.25, 0.3) is 0 Å². The van der Waals surface area contributed by atoms with Crippen molar-refractivity contribution in [1.29, 1.82) is 0 Å². The van der Waals surface area contributed by atoms with Crippen LogP contribution in [-0.2, 0) is 6.54 Å². The standard InChI is InChI=1S/C15H22BrClN2/c1-12(19-7-3-2-4-8-19)10-18-11-13-5-6-15(17)14(16)9-13/h5-6,9,12,18H,2-4,7-8,10-11H2,1H3. The lowest BCUT2D eigenvalue weighted by molar-refractivity contribution is 0.170. The molecule has 0 saturated carbocycles. The van der Waals surface area contributed by atoms with E-state index >= 15 is 0 Å². The van der Waals surface area contributed by atoms with Crippen molar-refractivity contribution in [3.8, 4) is 0 Å². The van der Waals surface area contributed by atoms with Crippen molar-refractivity contribution in [3.63, 3.8) is 0 Å². The average Bonchev–Trinajstić information content (AvgIpc) is 2.43. The number of piperidine rings is 1. The van der Waals surface area contributed by atoms with Crippen molar-refractivity contribution < 1.29 is 0 Å². The van der Waals surface area contributed by atoms with Crippen LogP contribution in [0.3, 0.4) is 0 Å². The maximum atomic E-state index is 5.99. The Morgan fingerprint density at radius 3 is 2.74 bits per heavy atom. The van der Waals surface area contributed by atoms with Crippen LogP contribution in [0, 0.1) is 0 Å². The van der Waals surface area contributed by atoms with Gasteiger partial charge in [0, 0.05) is 23.6 Å². The first-order valence-corrected chi connectivity index (χ1v) is 8.22. The van der Waals surface area contributed by atoms with Gasteiger partial charge in [0.15, 0.2) is 0 Å². The van der Waals surface area contributed by atoms with E-state index in [2.05, 4.69) is 45.2 Å². The minimum absolute atomic E-state index is 0.621. The summed E-state index contributed by atoms with van der Waals surface area (Å²) in [4.78, 5) is 2.59. The van der Waals surface area contributed by atoms with Crippen molar-refractivity contribution in [2.45, 2.75) is 38.8 Å². The lowest BCUT2D eigenvalue weighted by atomic mass is 10.1. The minimum Gasteiger partial charge on any atom is -0.311 e. The number of hydrogen-bond acceptors (Lipinski definition) is 2. The minimum atomic E-state index is 0.621. The normalized spacial score (nSPS) is 18.5. The van der Waals surface area contributed by atoms with Gasteiger partial charge in [-0.3, -0.25) is 4.90 Å². The molecule has 1 N–H and O–H groups in total. The van der Waals surface area contributed by atoms with Gasteiger partial charge < -0.3 is 5.32 Å². The summed E-state index contributed by atoms with van der Waals surface area (Å²) in [5.74, 6) is 0. The van der Waals surface area contributed by atoms with Gasteiger partial charge in [-0.05, 0) is 66.5 Å². The topological polar surface area (TPSA) is 15.3 Å². The fourth-order valence-electron chi connectivity index (χ4n) is 2.56. The van der Waals surface area contributed by atoms with E-state index in [0.717, 1.165) is 22.6 Å². The van der Waals surface area contributed by atoms with Gasteiger partial charge >= 0.3 is 0 Å². The number of nitrogens with zero attached hydrogens (tertiary/aromatic N) is 1. The highest BCUT2D eigenvalue weighted by Gasteiger charge is 2.15. The van der Waals surface area contributed by atoms with E-state index in [-0.39, 0.29) is 0 Å². The number of halogens is 2. The van der Waals surface area contributed by atoms with Crippen molar-refractivity contribution in [3.05, 3.63) is 33.3 Å². The second kappa shape index (κ2) is 7.63. The Kier molecular flexibility index (Phi) is 6.14. The molecule has 19 heavy (non-hydrogen) atoms. The molecule has 1 unspecified atom stereocenters. The van der Waals surface area contributed by atoms with E-state index < -0.39 is 0 Å². The zero-order valence-corrected chi connectivity index (χ0v) is 13.8. The fraction of sp³-hybridized carbons (Fsp3) is 0.600. The van der Waals surface area contributed by atoms with Crippen LogP contribution in [0.5, 0.6) is 0 Å². The maximum absolute atomic E-state index is 5.99. The number of likely N-dealkylation sites (tertiary alicyclic amines) is 1. The summed E-state index contributed by atoms with van der Waals surface area (Å²) in [5, 5.41) is 4.31. The van der Waals surface area contributed by atoms with Crippen molar-refractivity contribution in [2.75, 3.05) is 19.6 Å². The molecule has 1 atom stereocenters. The monoisotopic (exact) mass is 344 g/mol. The first-order valence-electron chi connectivity index (χ1n) is 7.05. The maximum Gasteiger partial charge on any atom is 0.0548 e. The van der Waals surface area contributed by atoms with Crippen molar-refractivity contribution >= 4 is 27.5 Å². The van der Waals surface area contributed by atoms with Gasteiger partial charge in [-0.15, -0.1) is 0 Å². The van der Waals surface area contributed by atoms with Gasteiger partial charge in [0.2, 0.25) is 0 Å². The number of nitrogens with one attached hydrogen (secondary N) is 1. The van der Waals surface area contributed by atoms with E-state index in [1.807, 2.05) is 6.07 Å². The zero-order valence-electron chi connectivity index (χ0n) is 11.5. The highest BCUT2D eigenvalue weighted by atomic mass is 79.9. The Morgan fingerprint density at radius 1 is 1.32 bits per heavy atom. The van der Waals surface area contributed by atoms with Gasteiger partial charge in [0.25, 0.3) is 0 Å². The Hall–Kier alpha value is -0.0900. The van der Waals surface area contributed by atoms with Crippen LogP contribution in [0.15, 0.2) is 22.7 Å². The Bertz CT molecular complexity index is 405. The molecule has 2 rings (SSSR count). The molecule has 1 aliphatic heterocycles. The molecular weight excluding hydrogens is 324 g/mol. The third-order valence-corrected chi connectivity index (χ3v) is 4.98. The van der Waals surface area contributed by atoms with Gasteiger partial charge in [-0.1, -0.05) is 24.1 Å². The van der Waals surface area contributed by atoms with E-state index in [4.69, 9.17) is 11.6 Å². The van der Waals surface area contributed by atoms with Crippen LogP contribution in [-0.4, -0.2) is 30.6 Å². The molecule has 0 spiro atoms. The molecular formula is C15H22BrClN2. The average molecular weight is 346 g/mol. The smallest absolute Gasteiger partial charge is 0.0548 e. The third kappa shape index (κ3) is 4.75. The summed E-state index contributed by atoms with van der Waals surface area (Å²) >= 11 is 9.45. The Morgan fingerprint density at radius 2 is 2.05 bits per heavy atom. The van der Waals surface area contributed by atoms with Crippen molar-refractivity contribution in [1.82, 2.24) is 10.2 Å². The molecule has 106 valence electrons. The Labute approximate surface area is 129 Å². The third-order valence-electron chi connectivity index (χ3n) is 3.77. The zero-order chi connectivity index (χ0) is 13.7. The lowest BCUT2D eigenvalue weighted by Crippen LogP contribution is -2.42. The van der Waals surface area contributed by atoms with Crippen LogP contribution in [0.4, 0.5) is 0 Å². The molecule has 1 aliphatic rings. The molecule has 1 aromatic carbocycles. The highest BCUT2D eigenvalue weighted by molar-refractivity contribution is 9.10. The van der Waals surface area contributed by atoms with Crippen LogP contribution < -0.4 is 5.32 Å². The summed E-state index contributed by atoms with van der Waals surface area (Å²) in [6.07, 6.45) is 4.11. The number of rotatable bonds is 5. The molecule has 2 nitrogen and oxygen atoms in total. The molecule has 0 amide bonds. The summed E-state index contributed by atoms with van der Waals surface area (Å²) < 4.78 is 0.970. The SMILES string of the molecule is CC(CNCc1ccc(Cl)c(Br)c1)N1CCCCC1. The van der Waals surface area contributed by atoms with Crippen LogP contribution in [0.2, 0.25) is 5.02 Å². The van der Waals surface area contributed by atoms with Gasteiger partial charge in [0.05, 0.1) is 5.02 Å². The van der Waals surface area contributed by atoms with E-state index in [0.29, 0.717) is 6.04 Å². The van der Waals surface area contributed by atoms with Gasteiger partial charge in [-0.2, -0.15) is 0 Å². The van der Waals surface area contributed by atoms with Gasteiger partial charge in [-0.25, -0.2) is 0 Å². The first kappa shape index (κ1) is 15.3. The van der Waals surface area contributed by atoms with Crippen molar-refractivity contribution in [2.24, 2.45) is 0 Å². The molecule has 4 heteroatoms. The van der Waals surface area contributed by atoms with Crippen LogP contribution >= 0.6 is 27.5 Å². The first-order chi connectivity index (χ1) is 9.16. The molecule has 0 aliphatic carbocycles. The molecule has 0 radical (unpaired) electrons. The van der Waals surface area contributed by atoms with Crippen LogP contribution in [0.1, 0.15) is 31.7 Å². The van der Waals surface area contributed by atoms with E-state index in [9.17, 15) is 0 Å². The summed E-state index contributed by atoms with van der Waals surface area (Å²) in [6.45, 7) is 6.77. The quantitative estimate of drug-likeness (QED) is 0.865. The summed E-state index contributed by atoms with van der Waals surface area (Å²) in [7, 11) is 0. The Balaban J connectivity index is 1.74. The largest absolute Gasteiger partial charge is 0.311 e.